The number of alkyl halides is 3. The second-order valence-corrected chi connectivity index (χ2v) is 4.86. The van der Waals surface area contributed by atoms with Gasteiger partial charge in [-0.05, 0) is 29.8 Å². The molecule has 19 heavy (non-hydrogen) atoms. The number of fused-ring (bicyclic) bond motifs is 1. The van der Waals surface area contributed by atoms with Crippen molar-refractivity contribution in [1.82, 2.24) is 4.98 Å². The Morgan fingerprint density at radius 3 is 2.74 bits per heavy atom. The summed E-state index contributed by atoms with van der Waals surface area (Å²) in [5, 5.41) is 0. The number of hydrogen-bond acceptors (Lipinski definition) is 2. The molecular weight excluding hydrogens is 271 g/mol. The molecule has 0 atom stereocenters. The lowest BCUT2D eigenvalue weighted by Gasteiger charge is -2.12. The molecule has 1 aromatic heterocycles. The zero-order valence-corrected chi connectivity index (χ0v) is 10.3. The third-order valence-corrected chi connectivity index (χ3v) is 3.61. The van der Waals surface area contributed by atoms with Crippen molar-refractivity contribution >= 4 is 21.6 Å². The van der Waals surface area contributed by atoms with Crippen LogP contribution in [-0.2, 0) is 6.18 Å². The summed E-state index contributed by atoms with van der Waals surface area (Å²) in [6.45, 7) is 0. The minimum absolute atomic E-state index is 0.117. The fourth-order valence-corrected chi connectivity index (χ4v) is 2.71. The zero-order valence-electron chi connectivity index (χ0n) is 9.53. The van der Waals surface area contributed by atoms with Crippen molar-refractivity contribution in [2.45, 2.75) is 6.18 Å². The first-order valence-electron chi connectivity index (χ1n) is 5.47. The normalized spacial score (nSPS) is 11.9. The summed E-state index contributed by atoms with van der Waals surface area (Å²) < 4.78 is 40.0. The van der Waals surface area contributed by atoms with Gasteiger partial charge < -0.3 is 0 Å². The number of benzene rings is 2. The van der Waals surface area contributed by atoms with Gasteiger partial charge >= 0.3 is 6.18 Å². The minimum atomic E-state index is -4.39. The lowest BCUT2D eigenvalue weighted by Crippen LogP contribution is -2.07. The van der Waals surface area contributed by atoms with Crippen molar-refractivity contribution in [3.05, 3.63) is 53.5 Å². The molecular formula is C14H7F3NS. The highest BCUT2D eigenvalue weighted by Gasteiger charge is 2.33. The molecule has 5 heteroatoms. The van der Waals surface area contributed by atoms with Crippen LogP contribution in [-0.4, -0.2) is 4.98 Å². The molecule has 3 rings (SSSR count). The molecule has 1 radical (unpaired) electrons. The van der Waals surface area contributed by atoms with Crippen LogP contribution in [0.2, 0.25) is 0 Å². The van der Waals surface area contributed by atoms with Crippen LogP contribution in [0.25, 0.3) is 21.3 Å². The molecule has 1 heterocycles. The Labute approximate surface area is 111 Å². The van der Waals surface area contributed by atoms with Crippen molar-refractivity contribution in [1.29, 1.82) is 0 Å². The van der Waals surface area contributed by atoms with E-state index >= 15 is 0 Å². The molecule has 0 N–H and O–H groups in total. The molecule has 0 aliphatic rings. The fraction of sp³-hybridized carbons (Fsp3) is 0.0714. The number of nitrogens with zero attached hydrogens (tertiary/aromatic N) is 1. The number of rotatable bonds is 1. The Morgan fingerprint density at radius 1 is 1.11 bits per heavy atom. The Hall–Kier alpha value is -1.88. The van der Waals surface area contributed by atoms with E-state index < -0.39 is 11.7 Å². The molecule has 95 valence electrons. The predicted octanol–water partition coefficient (Wildman–Crippen LogP) is 4.78. The standard InChI is InChI=1S/C14H7F3NS/c15-14(16,17)11-6-2-1-4-9(11)10-5-3-7-12-13(10)18-8-19-12/h2-8H. The van der Waals surface area contributed by atoms with Gasteiger partial charge in [0.15, 0.2) is 0 Å². The van der Waals surface area contributed by atoms with Crippen LogP contribution in [0.15, 0.2) is 41.9 Å². The number of para-hydroxylation sites is 1. The maximum atomic E-state index is 13.0. The molecule has 0 fully saturated rings. The van der Waals surface area contributed by atoms with Crippen LogP contribution in [0.3, 0.4) is 0 Å². The molecule has 1 nitrogen and oxygen atoms in total. The SMILES string of the molecule is FC(F)(F)c1cc[c]cc1-c1cccc2scnc12. The van der Waals surface area contributed by atoms with Gasteiger partial charge in [-0.3, -0.25) is 0 Å². The van der Waals surface area contributed by atoms with Gasteiger partial charge in [0.2, 0.25) is 0 Å². The van der Waals surface area contributed by atoms with E-state index in [1.165, 1.54) is 23.5 Å². The van der Waals surface area contributed by atoms with E-state index in [0.29, 0.717) is 11.1 Å². The Kier molecular flexibility index (Phi) is 2.78. The lowest BCUT2D eigenvalue weighted by molar-refractivity contribution is -0.137. The first-order valence-corrected chi connectivity index (χ1v) is 6.35. The summed E-state index contributed by atoms with van der Waals surface area (Å²) in [6, 6.07) is 11.6. The summed E-state index contributed by atoms with van der Waals surface area (Å²) in [5.74, 6) is 0. The van der Waals surface area contributed by atoms with Gasteiger partial charge in [0.1, 0.15) is 0 Å². The Bertz CT molecular complexity index is 731. The van der Waals surface area contributed by atoms with Crippen molar-refractivity contribution in [2.75, 3.05) is 0 Å². The summed E-state index contributed by atoms with van der Waals surface area (Å²) in [4.78, 5) is 4.16. The van der Waals surface area contributed by atoms with Crippen LogP contribution < -0.4 is 0 Å². The molecule has 0 bridgehead atoms. The molecule has 0 amide bonds. The van der Waals surface area contributed by atoms with E-state index in [0.717, 1.165) is 10.8 Å². The van der Waals surface area contributed by atoms with E-state index in [-0.39, 0.29) is 5.56 Å². The van der Waals surface area contributed by atoms with Crippen LogP contribution in [0.5, 0.6) is 0 Å². The number of halogens is 3. The quantitative estimate of drug-likeness (QED) is 0.624. The van der Waals surface area contributed by atoms with Crippen LogP contribution in [0.1, 0.15) is 5.56 Å². The van der Waals surface area contributed by atoms with Gasteiger partial charge in [0.25, 0.3) is 0 Å². The van der Waals surface area contributed by atoms with Crippen molar-refractivity contribution in [3.63, 3.8) is 0 Å². The van der Waals surface area contributed by atoms with E-state index in [1.54, 1.807) is 17.6 Å². The highest BCUT2D eigenvalue weighted by molar-refractivity contribution is 7.16. The highest BCUT2D eigenvalue weighted by atomic mass is 32.1. The van der Waals surface area contributed by atoms with Crippen molar-refractivity contribution in [2.24, 2.45) is 0 Å². The average Bonchev–Trinajstić information content (AvgIpc) is 2.85. The molecule has 0 aliphatic carbocycles. The second-order valence-electron chi connectivity index (χ2n) is 3.97. The van der Waals surface area contributed by atoms with Crippen LogP contribution >= 0.6 is 11.3 Å². The maximum absolute atomic E-state index is 13.0. The largest absolute Gasteiger partial charge is 0.417 e. The highest BCUT2D eigenvalue weighted by Crippen LogP contribution is 2.39. The second kappa shape index (κ2) is 4.35. The lowest BCUT2D eigenvalue weighted by atomic mass is 9.98. The molecule has 0 saturated heterocycles. The Morgan fingerprint density at radius 2 is 1.95 bits per heavy atom. The molecule has 0 unspecified atom stereocenters. The number of hydrogen-bond donors (Lipinski definition) is 0. The van der Waals surface area contributed by atoms with E-state index in [9.17, 15) is 13.2 Å². The van der Waals surface area contributed by atoms with Crippen molar-refractivity contribution in [3.8, 4) is 11.1 Å². The van der Waals surface area contributed by atoms with Gasteiger partial charge in [0, 0.05) is 5.56 Å². The van der Waals surface area contributed by atoms with E-state index in [4.69, 9.17) is 0 Å². The van der Waals surface area contributed by atoms with Gasteiger partial charge in [-0.1, -0.05) is 18.2 Å². The van der Waals surface area contributed by atoms with E-state index in [2.05, 4.69) is 11.1 Å². The summed E-state index contributed by atoms with van der Waals surface area (Å²) >= 11 is 1.41. The summed E-state index contributed by atoms with van der Waals surface area (Å²) in [6.07, 6.45) is -4.39. The monoisotopic (exact) mass is 278 g/mol. The summed E-state index contributed by atoms with van der Waals surface area (Å²) in [5.41, 5.74) is 2.17. The maximum Gasteiger partial charge on any atom is 0.417 e. The Balaban J connectivity index is 2.31. The molecule has 0 saturated carbocycles. The van der Waals surface area contributed by atoms with Gasteiger partial charge in [-0.2, -0.15) is 13.2 Å². The van der Waals surface area contributed by atoms with Crippen molar-refractivity contribution < 1.29 is 13.2 Å². The summed E-state index contributed by atoms with van der Waals surface area (Å²) in [7, 11) is 0. The van der Waals surface area contributed by atoms with Gasteiger partial charge in [-0.15, -0.1) is 11.3 Å². The molecule has 0 spiro atoms. The molecule has 3 aromatic rings. The third-order valence-electron chi connectivity index (χ3n) is 2.82. The topological polar surface area (TPSA) is 12.9 Å². The smallest absolute Gasteiger partial charge is 0.244 e. The van der Waals surface area contributed by atoms with E-state index in [1.807, 2.05) is 6.07 Å². The molecule has 2 aromatic carbocycles. The average molecular weight is 278 g/mol. The zero-order chi connectivity index (χ0) is 13.5. The third kappa shape index (κ3) is 2.10. The van der Waals surface area contributed by atoms with Crippen LogP contribution in [0.4, 0.5) is 13.2 Å². The predicted molar refractivity (Wildman–Crippen MR) is 68.9 cm³/mol. The minimum Gasteiger partial charge on any atom is -0.244 e. The first kappa shape index (κ1) is 12.2. The number of aromatic nitrogens is 1. The molecule has 0 aliphatic heterocycles. The van der Waals surface area contributed by atoms with Crippen LogP contribution in [0, 0.1) is 6.07 Å². The fourth-order valence-electron chi connectivity index (χ4n) is 2.00. The first-order chi connectivity index (χ1) is 9.07. The van der Waals surface area contributed by atoms with Gasteiger partial charge in [-0.25, -0.2) is 4.98 Å². The number of thiazole rings is 1. The van der Waals surface area contributed by atoms with Gasteiger partial charge in [0.05, 0.1) is 21.3 Å².